The van der Waals surface area contributed by atoms with E-state index >= 15 is 0 Å². The van der Waals surface area contributed by atoms with Crippen LogP contribution in [0.1, 0.15) is 28.9 Å². The van der Waals surface area contributed by atoms with Crippen molar-refractivity contribution in [1.82, 2.24) is 25.4 Å². The Morgan fingerprint density at radius 1 is 1.60 bits per heavy atom. The van der Waals surface area contributed by atoms with Crippen LogP contribution in [-0.4, -0.2) is 39.8 Å². The van der Waals surface area contributed by atoms with E-state index in [1.165, 1.54) is 6.42 Å². The SMILES string of the molecule is Cc1nn(C)c2ncc(C(=O)NCC3CCCN3)cc12. The fourth-order valence-corrected chi connectivity index (χ4v) is 2.68. The quantitative estimate of drug-likeness (QED) is 0.866. The van der Waals surface area contributed by atoms with E-state index in [9.17, 15) is 4.79 Å². The third-order valence-corrected chi connectivity index (χ3v) is 3.80. The van der Waals surface area contributed by atoms with Crippen molar-refractivity contribution in [3.05, 3.63) is 23.5 Å². The molecule has 1 unspecified atom stereocenters. The first-order valence-electron chi connectivity index (χ1n) is 6.96. The second-order valence-electron chi connectivity index (χ2n) is 5.31. The molecule has 3 rings (SSSR count). The topological polar surface area (TPSA) is 71.8 Å². The minimum absolute atomic E-state index is 0.0728. The maximum atomic E-state index is 12.2. The Morgan fingerprint density at radius 2 is 2.45 bits per heavy atom. The molecule has 1 saturated heterocycles. The van der Waals surface area contributed by atoms with E-state index in [1.54, 1.807) is 10.9 Å². The monoisotopic (exact) mass is 273 g/mol. The second-order valence-corrected chi connectivity index (χ2v) is 5.31. The van der Waals surface area contributed by atoms with Crippen molar-refractivity contribution in [3.63, 3.8) is 0 Å². The highest BCUT2D eigenvalue weighted by atomic mass is 16.1. The van der Waals surface area contributed by atoms with Gasteiger partial charge in [0, 0.05) is 31.2 Å². The zero-order valence-electron chi connectivity index (χ0n) is 11.8. The number of amides is 1. The van der Waals surface area contributed by atoms with Gasteiger partial charge in [0.1, 0.15) is 0 Å². The molecule has 0 saturated carbocycles. The number of carbonyl (C=O) groups excluding carboxylic acids is 1. The lowest BCUT2D eigenvalue weighted by molar-refractivity contribution is 0.0950. The third-order valence-electron chi connectivity index (χ3n) is 3.80. The molecule has 6 heteroatoms. The van der Waals surface area contributed by atoms with Crippen LogP contribution in [0.5, 0.6) is 0 Å². The number of hydrogen-bond acceptors (Lipinski definition) is 4. The molecule has 20 heavy (non-hydrogen) atoms. The highest BCUT2D eigenvalue weighted by Gasteiger charge is 2.16. The maximum absolute atomic E-state index is 12.2. The van der Waals surface area contributed by atoms with E-state index in [-0.39, 0.29) is 5.91 Å². The van der Waals surface area contributed by atoms with Gasteiger partial charge in [-0.2, -0.15) is 5.10 Å². The van der Waals surface area contributed by atoms with Gasteiger partial charge in [-0.1, -0.05) is 0 Å². The van der Waals surface area contributed by atoms with Crippen LogP contribution in [0, 0.1) is 6.92 Å². The summed E-state index contributed by atoms with van der Waals surface area (Å²) in [5, 5.41) is 11.6. The summed E-state index contributed by atoms with van der Waals surface area (Å²) in [4.78, 5) is 16.5. The van der Waals surface area contributed by atoms with Crippen LogP contribution in [0.15, 0.2) is 12.3 Å². The van der Waals surface area contributed by atoms with Gasteiger partial charge in [0.15, 0.2) is 5.65 Å². The number of aromatic nitrogens is 3. The summed E-state index contributed by atoms with van der Waals surface area (Å²) in [5.74, 6) is -0.0728. The highest BCUT2D eigenvalue weighted by Crippen LogP contribution is 2.16. The molecule has 2 aromatic rings. The zero-order chi connectivity index (χ0) is 14.1. The Hall–Kier alpha value is -1.95. The van der Waals surface area contributed by atoms with E-state index < -0.39 is 0 Å². The van der Waals surface area contributed by atoms with Crippen molar-refractivity contribution >= 4 is 16.9 Å². The molecule has 106 valence electrons. The summed E-state index contributed by atoms with van der Waals surface area (Å²) in [6, 6.07) is 2.26. The van der Waals surface area contributed by atoms with Crippen LogP contribution in [-0.2, 0) is 7.05 Å². The minimum atomic E-state index is -0.0728. The van der Waals surface area contributed by atoms with Crippen LogP contribution in [0.25, 0.3) is 11.0 Å². The van der Waals surface area contributed by atoms with Crippen molar-refractivity contribution in [2.45, 2.75) is 25.8 Å². The minimum Gasteiger partial charge on any atom is -0.350 e. The molecule has 1 aliphatic rings. The average molecular weight is 273 g/mol. The van der Waals surface area contributed by atoms with Crippen LogP contribution in [0.4, 0.5) is 0 Å². The summed E-state index contributed by atoms with van der Waals surface area (Å²) >= 11 is 0. The number of fused-ring (bicyclic) bond motifs is 1. The van der Waals surface area contributed by atoms with Gasteiger partial charge in [-0.3, -0.25) is 9.48 Å². The largest absolute Gasteiger partial charge is 0.350 e. The molecule has 0 spiro atoms. The number of nitrogens with one attached hydrogen (secondary N) is 2. The first kappa shape index (κ1) is 13.1. The van der Waals surface area contributed by atoms with Gasteiger partial charge >= 0.3 is 0 Å². The molecule has 2 aromatic heterocycles. The molecule has 6 nitrogen and oxygen atoms in total. The molecule has 1 aliphatic heterocycles. The Bertz CT molecular complexity index is 642. The van der Waals surface area contributed by atoms with E-state index in [4.69, 9.17) is 0 Å². The number of hydrogen-bond donors (Lipinski definition) is 2. The predicted octanol–water partition coefficient (Wildman–Crippen LogP) is 0.759. The summed E-state index contributed by atoms with van der Waals surface area (Å²) in [5.41, 5.74) is 2.28. The Balaban J connectivity index is 1.75. The van der Waals surface area contributed by atoms with Gasteiger partial charge in [0.2, 0.25) is 0 Å². The van der Waals surface area contributed by atoms with Crippen molar-refractivity contribution in [2.75, 3.05) is 13.1 Å². The van der Waals surface area contributed by atoms with Gasteiger partial charge in [-0.15, -0.1) is 0 Å². The van der Waals surface area contributed by atoms with Crippen molar-refractivity contribution < 1.29 is 4.79 Å². The molecule has 0 aromatic carbocycles. The molecule has 0 aliphatic carbocycles. The molecule has 1 atom stereocenters. The van der Waals surface area contributed by atoms with E-state index in [0.29, 0.717) is 18.2 Å². The van der Waals surface area contributed by atoms with Gasteiger partial charge in [0.25, 0.3) is 5.91 Å². The van der Waals surface area contributed by atoms with Crippen LogP contribution >= 0.6 is 0 Å². The maximum Gasteiger partial charge on any atom is 0.252 e. The molecule has 1 fully saturated rings. The lowest BCUT2D eigenvalue weighted by Gasteiger charge is -2.11. The number of rotatable bonds is 3. The Labute approximate surface area is 117 Å². The average Bonchev–Trinajstić information content (AvgIpc) is 3.05. The first-order valence-corrected chi connectivity index (χ1v) is 6.96. The van der Waals surface area contributed by atoms with Gasteiger partial charge in [-0.05, 0) is 32.4 Å². The normalized spacial score (nSPS) is 18.6. The fourth-order valence-electron chi connectivity index (χ4n) is 2.68. The first-order chi connectivity index (χ1) is 9.65. The lowest BCUT2D eigenvalue weighted by atomic mass is 10.2. The molecular formula is C14H19N5O. The standard InChI is InChI=1S/C14H19N5O/c1-9-12-6-10(7-16-13(12)19(2)18-9)14(20)17-8-11-4-3-5-15-11/h6-7,11,15H,3-5,8H2,1-2H3,(H,17,20). The summed E-state index contributed by atoms with van der Waals surface area (Å²) < 4.78 is 1.73. The summed E-state index contributed by atoms with van der Waals surface area (Å²) in [6.45, 7) is 3.64. The van der Waals surface area contributed by atoms with E-state index in [2.05, 4.69) is 20.7 Å². The van der Waals surface area contributed by atoms with Gasteiger partial charge < -0.3 is 10.6 Å². The smallest absolute Gasteiger partial charge is 0.252 e. The van der Waals surface area contributed by atoms with E-state index in [0.717, 1.165) is 29.7 Å². The number of nitrogens with zero attached hydrogens (tertiary/aromatic N) is 3. The van der Waals surface area contributed by atoms with Crippen molar-refractivity contribution in [2.24, 2.45) is 7.05 Å². The fraction of sp³-hybridized carbons (Fsp3) is 0.500. The molecule has 0 radical (unpaired) electrons. The molecule has 3 heterocycles. The van der Waals surface area contributed by atoms with Crippen LogP contribution in [0.3, 0.4) is 0 Å². The summed E-state index contributed by atoms with van der Waals surface area (Å²) in [6.07, 6.45) is 3.92. The number of pyridine rings is 1. The Kier molecular flexibility index (Phi) is 3.40. The zero-order valence-corrected chi connectivity index (χ0v) is 11.8. The Morgan fingerprint density at radius 3 is 3.20 bits per heavy atom. The van der Waals surface area contributed by atoms with Crippen LogP contribution < -0.4 is 10.6 Å². The third kappa shape index (κ3) is 2.38. The second kappa shape index (κ2) is 5.20. The van der Waals surface area contributed by atoms with Crippen molar-refractivity contribution in [1.29, 1.82) is 0 Å². The molecular weight excluding hydrogens is 254 g/mol. The van der Waals surface area contributed by atoms with Crippen LogP contribution in [0.2, 0.25) is 0 Å². The number of carbonyl (C=O) groups is 1. The summed E-state index contributed by atoms with van der Waals surface area (Å²) in [7, 11) is 1.86. The molecule has 2 N–H and O–H groups in total. The predicted molar refractivity (Wildman–Crippen MR) is 76.6 cm³/mol. The molecule has 0 bridgehead atoms. The van der Waals surface area contributed by atoms with E-state index in [1.807, 2.05) is 20.0 Å². The lowest BCUT2D eigenvalue weighted by Crippen LogP contribution is -2.37. The van der Waals surface area contributed by atoms with Gasteiger partial charge in [-0.25, -0.2) is 4.98 Å². The van der Waals surface area contributed by atoms with Crippen molar-refractivity contribution in [3.8, 4) is 0 Å². The van der Waals surface area contributed by atoms with Gasteiger partial charge in [0.05, 0.1) is 11.3 Å². The molecule has 1 amide bonds. The highest BCUT2D eigenvalue weighted by molar-refractivity contribution is 5.97. The number of aryl methyl sites for hydroxylation is 2.